The highest BCUT2D eigenvalue weighted by molar-refractivity contribution is 7.86. The number of carbonyl (C=O) groups is 2. The Morgan fingerprint density at radius 2 is 1.57 bits per heavy atom. The van der Waals surface area contributed by atoms with Gasteiger partial charge in [-0.1, -0.05) is 30.3 Å². The van der Waals surface area contributed by atoms with Crippen LogP contribution in [0.1, 0.15) is 18.4 Å². The smallest absolute Gasteiger partial charge is 0.340 e. The summed E-state index contributed by atoms with van der Waals surface area (Å²) >= 11 is 5.56. The second-order valence-electron chi connectivity index (χ2n) is 7.55. The van der Waals surface area contributed by atoms with Gasteiger partial charge in [0.15, 0.2) is 0 Å². The van der Waals surface area contributed by atoms with E-state index in [2.05, 4.69) is 9.50 Å². The highest BCUT2D eigenvalue weighted by Gasteiger charge is 2.32. The van der Waals surface area contributed by atoms with Crippen LogP contribution < -0.4 is 9.50 Å². The number of rotatable bonds is 7. The van der Waals surface area contributed by atoms with Gasteiger partial charge in [-0.25, -0.2) is 18.2 Å². The molecule has 0 saturated carbocycles. The molecule has 0 unspecified atom stereocenters. The van der Waals surface area contributed by atoms with E-state index in [0.717, 1.165) is 10.6 Å². The topological polar surface area (TPSA) is 122 Å². The Labute approximate surface area is 212 Å². The fourth-order valence-corrected chi connectivity index (χ4v) is 3.72. The third-order valence-electron chi connectivity index (χ3n) is 4.81. The monoisotopic (exact) mass is 574 g/mol. The van der Waals surface area contributed by atoms with Crippen molar-refractivity contribution in [1.82, 2.24) is 10.4 Å². The first kappa shape index (κ1) is 30.2. The second kappa shape index (κ2) is 13.0. The lowest BCUT2D eigenvalue weighted by atomic mass is 10.0. The zero-order chi connectivity index (χ0) is 27.9. The molecular weight excluding hydrogens is 555 g/mol. The summed E-state index contributed by atoms with van der Waals surface area (Å²) in [6.45, 7) is 0.572. The van der Waals surface area contributed by atoms with E-state index >= 15 is 0 Å². The van der Waals surface area contributed by atoms with Gasteiger partial charge in [-0.05, 0) is 30.0 Å². The van der Waals surface area contributed by atoms with Crippen molar-refractivity contribution < 1.29 is 54.1 Å². The van der Waals surface area contributed by atoms with Crippen molar-refractivity contribution in [2.24, 2.45) is 0 Å². The molecule has 3 rings (SSSR count). The van der Waals surface area contributed by atoms with Crippen LogP contribution in [-0.4, -0.2) is 54.8 Å². The van der Waals surface area contributed by atoms with Crippen molar-refractivity contribution in [3.8, 4) is 5.75 Å². The number of carbonyl (C=O) groups excluding carboxylic acids is 1. The van der Waals surface area contributed by atoms with E-state index in [0.29, 0.717) is 25.6 Å². The van der Waals surface area contributed by atoms with E-state index in [4.69, 9.17) is 21.5 Å². The van der Waals surface area contributed by atoms with Gasteiger partial charge in [0.25, 0.3) is 0 Å². The number of halogens is 6. The minimum atomic E-state index is -4.40. The Balaban J connectivity index is 0.000000271. The summed E-state index contributed by atoms with van der Waals surface area (Å²) in [5.74, 6) is -14.4. The average molecular weight is 575 g/mol. The van der Waals surface area contributed by atoms with Crippen molar-refractivity contribution in [1.29, 1.82) is 0 Å². The molecule has 37 heavy (non-hydrogen) atoms. The van der Waals surface area contributed by atoms with Gasteiger partial charge in [0.05, 0.1) is 12.3 Å². The summed E-state index contributed by atoms with van der Waals surface area (Å²) in [4.78, 5) is 27.9. The molecule has 1 amide bonds. The summed E-state index contributed by atoms with van der Waals surface area (Å²) < 4.78 is 87.9. The third kappa shape index (κ3) is 8.52. The van der Waals surface area contributed by atoms with E-state index < -0.39 is 62.3 Å². The Morgan fingerprint density at radius 3 is 2.00 bits per heavy atom. The maximum atomic E-state index is 12.8. The molecular formula is C21H20ClF5N2O7S. The summed E-state index contributed by atoms with van der Waals surface area (Å²) in [5, 5.41) is 12.2. The van der Waals surface area contributed by atoms with Crippen LogP contribution in [0.15, 0.2) is 30.3 Å². The Kier molecular flexibility index (Phi) is 10.6. The molecule has 2 N–H and O–H groups in total. The Morgan fingerprint density at radius 1 is 1.03 bits per heavy atom. The van der Waals surface area contributed by atoms with Gasteiger partial charge in [-0.2, -0.15) is 17.2 Å². The highest BCUT2D eigenvalue weighted by atomic mass is 35.5. The molecule has 9 nitrogen and oxygen atoms in total. The van der Waals surface area contributed by atoms with E-state index in [9.17, 15) is 40.0 Å². The summed E-state index contributed by atoms with van der Waals surface area (Å²) in [6, 6.07) is 8.57. The Hall–Kier alpha value is -3.01. The first-order valence-electron chi connectivity index (χ1n) is 10.3. The lowest BCUT2D eigenvalue weighted by Gasteiger charge is -2.34. The molecule has 2 aromatic carbocycles. The number of nitrogens with one attached hydrogen (secondary N) is 1. The Bertz CT molecular complexity index is 1200. The molecule has 0 aliphatic carbocycles. The summed E-state index contributed by atoms with van der Waals surface area (Å²) in [7, 11) is -4.40. The number of hydrogen-bond acceptors (Lipinski definition) is 7. The number of hydrogen-bond donors (Lipinski definition) is 2. The van der Waals surface area contributed by atoms with E-state index in [1.807, 2.05) is 30.3 Å². The van der Waals surface area contributed by atoms with Crippen LogP contribution >= 0.6 is 11.6 Å². The number of piperidine rings is 1. The number of aliphatic carboxylic acids is 1. The zero-order valence-electron chi connectivity index (χ0n) is 18.9. The fourth-order valence-electron chi connectivity index (χ4n) is 3.08. The number of hydroxylamine groups is 2. The molecule has 1 aliphatic heterocycles. The first-order valence-corrected chi connectivity index (χ1v) is 12.4. The number of carboxylic acid groups (broad SMARTS) is 1. The minimum absolute atomic E-state index is 0.234. The lowest BCUT2D eigenvalue weighted by Crippen LogP contribution is -2.52. The fraction of sp³-hybridized carbons (Fsp3) is 0.333. The van der Waals surface area contributed by atoms with Crippen molar-refractivity contribution in [3.05, 3.63) is 65.0 Å². The molecule has 0 radical (unpaired) electrons. The molecule has 16 heteroatoms. The van der Waals surface area contributed by atoms with E-state index in [-0.39, 0.29) is 12.6 Å². The average Bonchev–Trinajstić information content (AvgIpc) is 2.85. The minimum Gasteiger partial charge on any atom is -0.480 e. The van der Waals surface area contributed by atoms with Gasteiger partial charge >= 0.3 is 21.5 Å². The van der Waals surface area contributed by atoms with Crippen molar-refractivity contribution in [2.45, 2.75) is 31.5 Å². The molecule has 0 aromatic heterocycles. The summed E-state index contributed by atoms with van der Waals surface area (Å²) in [5.41, 5.74) is 0.924. The second-order valence-corrected chi connectivity index (χ2v) is 9.45. The van der Waals surface area contributed by atoms with Crippen LogP contribution in [0.3, 0.4) is 0 Å². The maximum absolute atomic E-state index is 12.8. The van der Waals surface area contributed by atoms with E-state index in [1.165, 1.54) is 0 Å². The predicted octanol–water partition coefficient (Wildman–Crippen LogP) is 3.70. The van der Waals surface area contributed by atoms with Crippen LogP contribution in [0.4, 0.5) is 26.7 Å². The predicted molar refractivity (Wildman–Crippen MR) is 118 cm³/mol. The van der Waals surface area contributed by atoms with Gasteiger partial charge in [0, 0.05) is 6.54 Å². The number of nitrogens with zero attached hydrogens (tertiary/aromatic N) is 1. The standard InChI is InChI=1S/C14H17ClN2O4.C7H3F5O3S/c15-14(20)17(21-9-10-4-2-1-3-5-10)11-6-7-12(13(18)19)16-8-11;1-16(13,14)15-7-5(11)3(9)2(8)4(10)6(7)12/h1-5,11-12,16H,6-9H2,(H,18,19);1H3/t11-,12+;/m1./s1. The SMILES string of the molecule is CS(=O)(=O)Oc1c(F)c(F)c(F)c(F)c1F.O=C(O)[C@@H]1CC[C@@H](N(OCc2ccccc2)C(=O)Cl)CN1. The third-order valence-corrected chi connectivity index (χ3v) is 5.44. The molecule has 0 spiro atoms. The van der Waals surface area contributed by atoms with Crippen LogP contribution in [0.25, 0.3) is 0 Å². The lowest BCUT2D eigenvalue weighted by molar-refractivity contribution is -0.156. The van der Waals surface area contributed by atoms with Gasteiger partial charge in [0.1, 0.15) is 12.6 Å². The van der Waals surface area contributed by atoms with E-state index in [1.54, 1.807) is 0 Å². The summed E-state index contributed by atoms with van der Waals surface area (Å²) in [6.07, 6.45) is 1.34. The number of carboxylic acids is 1. The molecule has 1 saturated heterocycles. The maximum Gasteiger partial charge on any atom is 0.340 e. The molecule has 0 bridgehead atoms. The highest BCUT2D eigenvalue weighted by Crippen LogP contribution is 2.29. The van der Waals surface area contributed by atoms with Crippen LogP contribution in [0.5, 0.6) is 5.75 Å². The quantitative estimate of drug-likeness (QED) is 0.0976. The largest absolute Gasteiger partial charge is 0.480 e. The molecule has 2 atom stereocenters. The van der Waals surface area contributed by atoms with Crippen molar-refractivity contribution in [3.63, 3.8) is 0 Å². The van der Waals surface area contributed by atoms with Gasteiger partial charge in [0.2, 0.25) is 34.8 Å². The molecule has 2 aromatic rings. The number of amides is 1. The van der Waals surface area contributed by atoms with Crippen LogP contribution in [0, 0.1) is 29.1 Å². The van der Waals surface area contributed by atoms with Crippen molar-refractivity contribution in [2.75, 3.05) is 12.8 Å². The molecule has 1 fully saturated rings. The van der Waals surface area contributed by atoms with Gasteiger partial charge in [-0.15, -0.1) is 0 Å². The van der Waals surface area contributed by atoms with Crippen LogP contribution in [0.2, 0.25) is 0 Å². The van der Waals surface area contributed by atoms with Gasteiger partial charge < -0.3 is 14.6 Å². The van der Waals surface area contributed by atoms with Crippen LogP contribution in [-0.2, 0) is 26.4 Å². The zero-order valence-corrected chi connectivity index (χ0v) is 20.5. The number of benzene rings is 2. The normalized spacial score (nSPS) is 17.4. The van der Waals surface area contributed by atoms with Crippen molar-refractivity contribution >= 4 is 33.1 Å². The molecule has 1 heterocycles. The van der Waals surface area contributed by atoms with Gasteiger partial charge in [-0.3, -0.25) is 14.4 Å². The molecule has 204 valence electrons. The first-order chi connectivity index (χ1) is 17.2. The molecule has 1 aliphatic rings.